The molecule has 1 aliphatic heterocycles. The summed E-state index contributed by atoms with van der Waals surface area (Å²) in [5.41, 5.74) is 7.33. The zero-order chi connectivity index (χ0) is 13.3. The van der Waals surface area contributed by atoms with Gasteiger partial charge in [0.1, 0.15) is 0 Å². The minimum Gasteiger partial charge on any atom is -0.374 e. The number of aromatic nitrogens is 2. The van der Waals surface area contributed by atoms with Crippen molar-refractivity contribution < 1.29 is 4.74 Å². The van der Waals surface area contributed by atoms with Gasteiger partial charge in [-0.25, -0.2) is 0 Å². The van der Waals surface area contributed by atoms with Gasteiger partial charge in [0.2, 0.25) is 0 Å². The average molecular weight is 317 g/mol. The lowest BCUT2D eigenvalue weighted by Gasteiger charge is -2.37. The Morgan fingerprint density at radius 3 is 2.83 bits per heavy atom. The molecule has 2 unspecified atom stereocenters. The summed E-state index contributed by atoms with van der Waals surface area (Å²) < 4.78 is 8.58. The standard InChI is InChI=1S/C12H21BrN4O/c1-8(2)17-4-5-18-10(7-17)11(14)12-9(13)6-15-16(12)3/h6,8,10-11H,4-5,7,14H2,1-3H3. The first-order valence-corrected chi connectivity index (χ1v) is 7.08. The lowest BCUT2D eigenvalue weighted by molar-refractivity contribution is -0.0513. The van der Waals surface area contributed by atoms with E-state index in [1.165, 1.54) is 0 Å². The molecule has 2 N–H and O–H groups in total. The highest BCUT2D eigenvalue weighted by atomic mass is 79.9. The molecule has 1 aromatic heterocycles. The van der Waals surface area contributed by atoms with Crippen molar-refractivity contribution >= 4 is 15.9 Å². The van der Waals surface area contributed by atoms with E-state index in [0.717, 1.165) is 29.9 Å². The molecular formula is C12H21BrN4O. The van der Waals surface area contributed by atoms with Crippen LogP contribution in [0.2, 0.25) is 0 Å². The second kappa shape index (κ2) is 5.69. The van der Waals surface area contributed by atoms with Crippen LogP contribution < -0.4 is 5.73 Å². The third-order valence-electron chi connectivity index (χ3n) is 3.51. The highest BCUT2D eigenvalue weighted by molar-refractivity contribution is 9.10. The first-order valence-electron chi connectivity index (χ1n) is 6.29. The van der Waals surface area contributed by atoms with E-state index in [9.17, 15) is 0 Å². The normalized spacial score (nSPS) is 23.6. The van der Waals surface area contributed by atoms with Gasteiger partial charge in [-0.2, -0.15) is 5.10 Å². The number of nitrogens with zero attached hydrogens (tertiary/aromatic N) is 3. The van der Waals surface area contributed by atoms with Crippen molar-refractivity contribution in [1.82, 2.24) is 14.7 Å². The summed E-state index contributed by atoms with van der Waals surface area (Å²) in [5, 5.41) is 4.21. The average Bonchev–Trinajstić information content (AvgIpc) is 2.68. The first kappa shape index (κ1) is 14.0. The summed E-state index contributed by atoms with van der Waals surface area (Å²) in [6.45, 7) is 7.00. The molecule has 2 rings (SSSR count). The van der Waals surface area contributed by atoms with Crippen LogP contribution >= 0.6 is 15.9 Å². The minimum absolute atomic E-state index is 0.0212. The third kappa shape index (κ3) is 2.77. The van der Waals surface area contributed by atoms with E-state index < -0.39 is 0 Å². The van der Waals surface area contributed by atoms with Gasteiger partial charge in [0.15, 0.2) is 0 Å². The second-order valence-electron chi connectivity index (χ2n) is 5.03. The molecule has 2 atom stereocenters. The van der Waals surface area contributed by atoms with Crippen LogP contribution in [0.3, 0.4) is 0 Å². The summed E-state index contributed by atoms with van der Waals surface area (Å²) in [5.74, 6) is 0. The molecule has 0 radical (unpaired) electrons. The van der Waals surface area contributed by atoms with Crippen LogP contribution in [-0.2, 0) is 11.8 Å². The summed E-state index contributed by atoms with van der Waals surface area (Å²) in [6, 6.07) is 0.368. The quantitative estimate of drug-likeness (QED) is 0.913. The lowest BCUT2D eigenvalue weighted by atomic mass is 10.1. The highest BCUT2D eigenvalue weighted by Gasteiger charge is 2.30. The lowest BCUT2D eigenvalue weighted by Crippen LogP contribution is -2.49. The zero-order valence-electron chi connectivity index (χ0n) is 11.1. The van der Waals surface area contributed by atoms with Crippen molar-refractivity contribution in [2.45, 2.75) is 32.0 Å². The maximum atomic E-state index is 6.34. The Balaban J connectivity index is 2.11. The van der Waals surface area contributed by atoms with E-state index in [4.69, 9.17) is 10.5 Å². The van der Waals surface area contributed by atoms with Crippen LogP contribution in [0, 0.1) is 0 Å². The number of ether oxygens (including phenoxy) is 1. The molecule has 1 fully saturated rings. The van der Waals surface area contributed by atoms with Crippen LogP contribution in [0.15, 0.2) is 10.7 Å². The largest absolute Gasteiger partial charge is 0.374 e. The van der Waals surface area contributed by atoms with E-state index in [1.54, 1.807) is 6.20 Å². The number of rotatable bonds is 3. The molecule has 1 saturated heterocycles. The number of hydrogen-bond acceptors (Lipinski definition) is 4. The molecule has 18 heavy (non-hydrogen) atoms. The van der Waals surface area contributed by atoms with Crippen LogP contribution in [0.1, 0.15) is 25.6 Å². The molecule has 102 valence electrons. The van der Waals surface area contributed by atoms with Gasteiger partial charge in [0, 0.05) is 26.2 Å². The molecule has 0 spiro atoms. The van der Waals surface area contributed by atoms with Gasteiger partial charge in [-0.1, -0.05) is 0 Å². The molecule has 0 amide bonds. The van der Waals surface area contributed by atoms with Gasteiger partial charge < -0.3 is 10.5 Å². The number of morpholine rings is 1. The van der Waals surface area contributed by atoms with Crippen molar-refractivity contribution in [2.75, 3.05) is 19.7 Å². The fraction of sp³-hybridized carbons (Fsp3) is 0.750. The molecule has 0 saturated carbocycles. The number of nitrogens with two attached hydrogens (primary N) is 1. The van der Waals surface area contributed by atoms with Gasteiger partial charge in [0.25, 0.3) is 0 Å². The highest BCUT2D eigenvalue weighted by Crippen LogP contribution is 2.26. The monoisotopic (exact) mass is 316 g/mol. The predicted octanol–water partition coefficient (Wildman–Crippen LogP) is 1.29. The molecule has 0 aromatic carbocycles. The van der Waals surface area contributed by atoms with Crippen molar-refractivity contribution in [3.8, 4) is 0 Å². The summed E-state index contributed by atoms with van der Waals surface area (Å²) >= 11 is 3.50. The molecule has 6 heteroatoms. The summed E-state index contributed by atoms with van der Waals surface area (Å²) in [6.07, 6.45) is 1.80. The van der Waals surface area contributed by atoms with E-state index in [0.29, 0.717) is 6.04 Å². The smallest absolute Gasteiger partial charge is 0.0910 e. The van der Waals surface area contributed by atoms with Gasteiger partial charge in [-0.15, -0.1) is 0 Å². The molecular weight excluding hydrogens is 296 g/mol. The van der Waals surface area contributed by atoms with Crippen molar-refractivity contribution in [2.24, 2.45) is 12.8 Å². The fourth-order valence-electron chi connectivity index (χ4n) is 2.35. The summed E-state index contributed by atoms with van der Waals surface area (Å²) in [7, 11) is 1.91. The topological polar surface area (TPSA) is 56.3 Å². The predicted molar refractivity (Wildman–Crippen MR) is 74.3 cm³/mol. The van der Waals surface area contributed by atoms with E-state index in [-0.39, 0.29) is 12.1 Å². The Labute approximate surface area is 116 Å². The molecule has 1 aliphatic rings. The van der Waals surface area contributed by atoms with Crippen LogP contribution in [0.4, 0.5) is 0 Å². The Bertz CT molecular complexity index is 387. The Hall–Kier alpha value is -0.430. The minimum atomic E-state index is -0.159. The zero-order valence-corrected chi connectivity index (χ0v) is 12.7. The molecule has 0 aliphatic carbocycles. The van der Waals surface area contributed by atoms with Gasteiger partial charge >= 0.3 is 0 Å². The van der Waals surface area contributed by atoms with Crippen molar-refractivity contribution in [3.05, 3.63) is 16.4 Å². The van der Waals surface area contributed by atoms with Crippen LogP contribution in [-0.4, -0.2) is 46.5 Å². The molecule has 1 aromatic rings. The number of aryl methyl sites for hydroxylation is 1. The third-order valence-corrected chi connectivity index (χ3v) is 4.12. The first-order chi connectivity index (χ1) is 8.50. The molecule has 2 heterocycles. The SMILES string of the molecule is CC(C)N1CCOC(C(N)c2c(Br)cnn2C)C1. The van der Waals surface area contributed by atoms with Crippen molar-refractivity contribution in [3.63, 3.8) is 0 Å². The van der Waals surface area contributed by atoms with E-state index in [1.807, 2.05) is 11.7 Å². The second-order valence-corrected chi connectivity index (χ2v) is 5.88. The van der Waals surface area contributed by atoms with E-state index in [2.05, 4.69) is 39.8 Å². The van der Waals surface area contributed by atoms with Crippen molar-refractivity contribution in [1.29, 1.82) is 0 Å². The number of halogens is 1. The maximum absolute atomic E-state index is 6.34. The summed E-state index contributed by atoms with van der Waals surface area (Å²) in [4.78, 5) is 2.40. The van der Waals surface area contributed by atoms with Gasteiger partial charge in [-0.3, -0.25) is 9.58 Å². The number of hydrogen-bond donors (Lipinski definition) is 1. The fourth-order valence-corrected chi connectivity index (χ4v) is 2.97. The molecule has 0 bridgehead atoms. The van der Waals surface area contributed by atoms with Crippen LogP contribution in [0.25, 0.3) is 0 Å². The van der Waals surface area contributed by atoms with Gasteiger partial charge in [-0.05, 0) is 29.8 Å². The molecule has 5 nitrogen and oxygen atoms in total. The van der Waals surface area contributed by atoms with E-state index >= 15 is 0 Å². The maximum Gasteiger partial charge on any atom is 0.0910 e. The van der Waals surface area contributed by atoms with Crippen LogP contribution in [0.5, 0.6) is 0 Å². The Kier molecular flexibility index (Phi) is 4.42. The Morgan fingerprint density at radius 1 is 1.56 bits per heavy atom. The van der Waals surface area contributed by atoms with Gasteiger partial charge in [0.05, 0.1) is 35.1 Å². The Morgan fingerprint density at radius 2 is 2.28 bits per heavy atom.